The highest BCUT2D eigenvalue weighted by molar-refractivity contribution is 7.18. The Balaban J connectivity index is 2.10. The van der Waals surface area contributed by atoms with Crippen molar-refractivity contribution in [3.63, 3.8) is 0 Å². The Morgan fingerprint density at radius 1 is 1.47 bits per heavy atom. The van der Waals surface area contributed by atoms with E-state index >= 15 is 0 Å². The van der Waals surface area contributed by atoms with Gasteiger partial charge in [-0.15, -0.1) is 22.7 Å². The van der Waals surface area contributed by atoms with Gasteiger partial charge in [-0.3, -0.25) is 10.1 Å². The Hall–Kier alpha value is -0.910. The van der Waals surface area contributed by atoms with Crippen molar-refractivity contribution in [1.29, 1.82) is 0 Å². The Labute approximate surface area is 99.7 Å². The van der Waals surface area contributed by atoms with Crippen molar-refractivity contribution < 1.29 is 4.79 Å². The number of thiazole rings is 1. The van der Waals surface area contributed by atoms with E-state index in [0.717, 1.165) is 4.88 Å². The number of thiophene rings is 1. The average molecular weight is 259 g/mol. The molecule has 2 heterocycles. The second kappa shape index (κ2) is 4.30. The first-order valence-corrected chi connectivity index (χ1v) is 6.15. The van der Waals surface area contributed by atoms with Crippen LogP contribution in [0.4, 0.5) is 5.13 Å². The number of aromatic nitrogens is 1. The van der Waals surface area contributed by atoms with Gasteiger partial charge in [0, 0.05) is 11.1 Å². The molecule has 2 aromatic heterocycles. The third kappa shape index (κ3) is 2.56. The Kier molecular flexibility index (Phi) is 3.04. The second-order valence-corrected chi connectivity index (χ2v) is 5.78. The predicted molar refractivity (Wildman–Crippen MR) is 64.1 cm³/mol. The molecule has 0 aromatic carbocycles. The molecule has 3 nitrogen and oxygen atoms in total. The number of nitrogens with one attached hydrogen (secondary N) is 1. The van der Waals surface area contributed by atoms with Gasteiger partial charge in [-0.2, -0.15) is 0 Å². The first-order chi connectivity index (χ1) is 7.15. The maximum atomic E-state index is 11.6. The number of hydrogen-bond acceptors (Lipinski definition) is 4. The number of hydrogen-bond donors (Lipinski definition) is 1. The topological polar surface area (TPSA) is 42.0 Å². The van der Waals surface area contributed by atoms with E-state index in [1.807, 2.05) is 6.92 Å². The quantitative estimate of drug-likeness (QED) is 0.897. The van der Waals surface area contributed by atoms with Crippen LogP contribution < -0.4 is 5.32 Å². The monoisotopic (exact) mass is 258 g/mol. The number of aryl methyl sites for hydroxylation is 1. The van der Waals surface area contributed by atoms with Crippen molar-refractivity contribution in [3.05, 3.63) is 32.4 Å². The highest BCUT2D eigenvalue weighted by Crippen LogP contribution is 2.23. The summed E-state index contributed by atoms with van der Waals surface area (Å²) in [7, 11) is 0. The molecule has 6 heteroatoms. The SMILES string of the molecule is Cc1cnc(NC(=O)c2ccc(Cl)s2)s1. The van der Waals surface area contributed by atoms with E-state index in [1.165, 1.54) is 22.7 Å². The van der Waals surface area contributed by atoms with E-state index in [2.05, 4.69) is 10.3 Å². The summed E-state index contributed by atoms with van der Waals surface area (Å²) < 4.78 is 0.607. The molecular weight excluding hydrogens is 252 g/mol. The van der Waals surface area contributed by atoms with Gasteiger partial charge in [-0.05, 0) is 19.1 Å². The summed E-state index contributed by atoms with van der Waals surface area (Å²) >= 11 is 8.44. The van der Waals surface area contributed by atoms with E-state index in [0.29, 0.717) is 14.3 Å². The van der Waals surface area contributed by atoms with Crippen molar-refractivity contribution >= 4 is 45.3 Å². The fourth-order valence-corrected chi connectivity index (χ4v) is 2.61. The largest absolute Gasteiger partial charge is 0.297 e. The predicted octanol–water partition coefficient (Wildman–Crippen LogP) is 3.42. The lowest BCUT2D eigenvalue weighted by molar-refractivity contribution is 0.103. The van der Waals surface area contributed by atoms with Gasteiger partial charge in [0.2, 0.25) is 0 Å². The Bertz CT molecular complexity index is 492. The molecule has 1 N–H and O–H groups in total. The molecule has 0 fully saturated rings. The summed E-state index contributed by atoms with van der Waals surface area (Å²) in [5.41, 5.74) is 0. The van der Waals surface area contributed by atoms with Gasteiger partial charge >= 0.3 is 0 Å². The van der Waals surface area contributed by atoms with Crippen molar-refractivity contribution in [2.45, 2.75) is 6.92 Å². The molecule has 0 unspecified atom stereocenters. The molecule has 0 aliphatic rings. The summed E-state index contributed by atoms with van der Waals surface area (Å²) in [5.74, 6) is -0.166. The molecule has 0 atom stereocenters. The minimum atomic E-state index is -0.166. The van der Waals surface area contributed by atoms with Crippen LogP contribution in [0.15, 0.2) is 18.3 Å². The van der Waals surface area contributed by atoms with Gasteiger partial charge in [-0.1, -0.05) is 11.6 Å². The maximum absolute atomic E-state index is 11.6. The van der Waals surface area contributed by atoms with Crippen LogP contribution in [-0.2, 0) is 0 Å². The lowest BCUT2D eigenvalue weighted by atomic mass is 10.4. The lowest BCUT2D eigenvalue weighted by Crippen LogP contribution is -2.09. The van der Waals surface area contributed by atoms with E-state index in [4.69, 9.17) is 11.6 Å². The van der Waals surface area contributed by atoms with Crippen LogP contribution in [0.1, 0.15) is 14.5 Å². The number of anilines is 1. The zero-order chi connectivity index (χ0) is 10.8. The Morgan fingerprint density at radius 3 is 2.80 bits per heavy atom. The molecule has 0 bridgehead atoms. The number of carbonyl (C=O) groups is 1. The van der Waals surface area contributed by atoms with Crippen LogP contribution in [-0.4, -0.2) is 10.9 Å². The van der Waals surface area contributed by atoms with Crippen LogP contribution in [0.5, 0.6) is 0 Å². The highest BCUT2D eigenvalue weighted by Gasteiger charge is 2.10. The number of nitrogens with zero attached hydrogens (tertiary/aromatic N) is 1. The van der Waals surface area contributed by atoms with Gasteiger partial charge < -0.3 is 0 Å². The number of rotatable bonds is 2. The molecule has 15 heavy (non-hydrogen) atoms. The fraction of sp³-hybridized carbons (Fsp3) is 0.111. The van der Waals surface area contributed by atoms with E-state index in [9.17, 15) is 4.79 Å². The summed E-state index contributed by atoms with van der Waals surface area (Å²) in [4.78, 5) is 17.3. The standard InChI is InChI=1S/C9H7ClN2OS2/c1-5-4-11-9(14-5)12-8(13)6-2-3-7(10)15-6/h2-4H,1H3,(H,11,12,13). The number of halogens is 1. The van der Waals surface area contributed by atoms with Crippen LogP contribution in [0.2, 0.25) is 4.34 Å². The smallest absolute Gasteiger partial charge is 0.267 e. The van der Waals surface area contributed by atoms with Gasteiger partial charge in [0.25, 0.3) is 5.91 Å². The normalized spacial score (nSPS) is 10.3. The van der Waals surface area contributed by atoms with Crippen LogP contribution in [0.3, 0.4) is 0 Å². The number of carbonyl (C=O) groups excluding carboxylic acids is 1. The summed E-state index contributed by atoms with van der Waals surface area (Å²) in [6, 6.07) is 3.40. The number of amides is 1. The van der Waals surface area contributed by atoms with Crippen molar-refractivity contribution in [2.75, 3.05) is 5.32 Å². The van der Waals surface area contributed by atoms with E-state index in [-0.39, 0.29) is 5.91 Å². The minimum absolute atomic E-state index is 0.166. The zero-order valence-corrected chi connectivity index (χ0v) is 10.2. The van der Waals surface area contributed by atoms with Gasteiger partial charge in [0.05, 0.1) is 9.21 Å². The second-order valence-electron chi connectivity index (χ2n) is 2.83. The summed E-state index contributed by atoms with van der Waals surface area (Å²) in [5, 5.41) is 3.33. The van der Waals surface area contributed by atoms with Crippen molar-refractivity contribution in [3.8, 4) is 0 Å². The maximum Gasteiger partial charge on any atom is 0.267 e. The van der Waals surface area contributed by atoms with Crippen molar-refractivity contribution in [1.82, 2.24) is 4.98 Å². The molecule has 0 aliphatic heterocycles. The summed E-state index contributed by atoms with van der Waals surface area (Å²) in [6.45, 7) is 1.94. The Morgan fingerprint density at radius 2 is 2.27 bits per heavy atom. The molecule has 1 amide bonds. The molecular formula is C9H7ClN2OS2. The zero-order valence-electron chi connectivity index (χ0n) is 7.78. The van der Waals surface area contributed by atoms with E-state index < -0.39 is 0 Å². The van der Waals surface area contributed by atoms with Crippen molar-refractivity contribution in [2.24, 2.45) is 0 Å². The van der Waals surface area contributed by atoms with Crippen LogP contribution in [0, 0.1) is 6.92 Å². The first kappa shape index (κ1) is 10.6. The third-order valence-electron chi connectivity index (χ3n) is 1.64. The fourth-order valence-electron chi connectivity index (χ4n) is 1.01. The van der Waals surface area contributed by atoms with Gasteiger partial charge in [0.15, 0.2) is 5.13 Å². The molecule has 2 rings (SSSR count). The summed E-state index contributed by atoms with van der Waals surface area (Å²) in [6.07, 6.45) is 1.72. The molecule has 0 spiro atoms. The molecule has 0 aliphatic carbocycles. The minimum Gasteiger partial charge on any atom is -0.297 e. The first-order valence-electron chi connectivity index (χ1n) is 4.14. The average Bonchev–Trinajstić information content (AvgIpc) is 2.75. The van der Waals surface area contributed by atoms with Gasteiger partial charge in [0.1, 0.15) is 0 Å². The molecule has 78 valence electrons. The molecule has 2 aromatic rings. The highest BCUT2D eigenvalue weighted by atomic mass is 35.5. The third-order valence-corrected chi connectivity index (χ3v) is 3.70. The molecule has 0 saturated heterocycles. The lowest BCUT2D eigenvalue weighted by Gasteiger charge is -1.96. The molecule has 0 saturated carbocycles. The van der Waals surface area contributed by atoms with Crippen LogP contribution >= 0.6 is 34.3 Å². The van der Waals surface area contributed by atoms with Crippen LogP contribution in [0.25, 0.3) is 0 Å². The molecule has 0 radical (unpaired) electrons. The van der Waals surface area contributed by atoms with E-state index in [1.54, 1.807) is 18.3 Å². The van der Waals surface area contributed by atoms with Gasteiger partial charge in [-0.25, -0.2) is 4.98 Å².